The van der Waals surface area contributed by atoms with Crippen molar-refractivity contribution in [3.8, 4) is 11.5 Å². The molecule has 2 aromatic carbocycles. The summed E-state index contributed by atoms with van der Waals surface area (Å²) in [4.78, 5) is 2.10. The van der Waals surface area contributed by atoms with Crippen molar-refractivity contribution in [3.63, 3.8) is 0 Å². The zero-order valence-electron chi connectivity index (χ0n) is 12.4. The van der Waals surface area contributed by atoms with Crippen LogP contribution in [0.4, 0.5) is 11.4 Å². The molecule has 0 spiro atoms. The van der Waals surface area contributed by atoms with Gasteiger partial charge in [0, 0.05) is 26.2 Å². The third-order valence-corrected chi connectivity index (χ3v) is 3.50. The molecule has 0 aliphatic carbocycles. The third-order valence-electron chi connectivity index (χ3n) is 3.50. The highest BCUT2D eigenvalue weighted by atomic mass is 16.6. The molecule has 1 N–H and O–H groups in total. The summed E-state index contributed by atoms with van der Waals surface area (Å²) in [5, 5.41) is 3.48. The van der Waals surface area contributed by atoms with Crippen LogP contribution in [-0.2, 0) is 6.54 Å². The van der Waals surface area contributed by atoms with Crippen LogP contribution in [0.15, 0.2) is 42.5 Å². The smallest absolute Gasteiger partial charge is 0.166 e. The highest BCUT2D eigenvalue weighted by Gasteiger charge is 2.15. The number of rotatable bonds is 4. The summed E-state index contributed by atoms with van der Waals surface area (Å²) in [6.07, 6.45) is 0. The van der Waals surface area contributed by atoms with Crippen molar-refractivity contribution in [2.24, 2.45) is 0 Å². The van der Waals surface area contributed by atoms with Crippen LogP contribution < -0.4 is 19.7 Å². The van der Waals surface area contributed by atoms with Crippen LogP contribution in [0.2, 0.25) is 0 Å². The summed E-state index contributed by atoms with van der Waals surface area (Å²) in [5.74, 6) is 1.69. The van der Waals surface area contributed by atoms with Gasteiger partial charge in [0.05, 0.1) is 11.4 Å². The van der Waals surface area contributed by atoms with Crippen molar-refractivity contribution in [2.45, 2.75) is 6.54 Å². The standard InChI is InChI=1S/C17H20N2O2/c1-19(2)15-8-4-3-7-14(15)18-12-13-6-5-9-16-17(13)21-11-10-20-16/h3-9,18H,10-12H2,1-2H3. The molecule has 2 aromatic rings. The Hall–Kier alpha value is -2.36. The molecule has 0 fully saturated rings. The average molecular weight is 284 g/mol. The van der Waals surface area contributed by atoms with Crippen LogP contribution in [0.3, 0.4) is 0 Å². The first-order chi connectivity index (χ1) is 10.3. The predicted molar refractivity (Wildman–Crippen MR) is 85.5 cm³/mol. The van der Waals surface area contributed by atoms with Crippen molar-refractivity contribution in [2.75, 3.05) is 37.5 Å². The van der Waals surface area contributed by atoms with Gasteiger partial charge in [-0.05, 0) is 18.2 Å². The zero-order chi connectivity index (χ0) is 14.7. The largest absolute Gasteiger partial charge is 0.486 e. The summed E-state index contributed by atoms with van der Waals surface area (Å²) in [6.45, 7) is 1.93. The average Bonchev–Trinajstić information content (AvgIpc) is 2.53. The Morgan fingerprint density at radius 1 is 1.00 bits per heavy atom. The number of hydrogen-bond donors (Lipinski definition) is 1. The van der Waals surface area contributed by atoms with E-state index in [4.69, 9.17) is 9.47 Å². The molecule has 4 heteroatoms. The minimum atomic E-state index is 0.609. The maximum atomic E-state index is 5.75. The van der Waals surface area contributed by atoms with Gasteiger partial charge in [-0.3, -0.25) is 0 Å². The van der Waals surface area contributed by atoms with E-state index < -0.39 is 0 Å². The fraction of sp³-hybridized carbons (Fsp3) is 0.294. The van der Waals surface area contributed by atoms with Gasteiger partial charge in [0.15, 0.2) is 11.5 Å². The third kappa shape index (κ3) is 2.89. The molecule has 3 rings (SSSR count). The van der Waals surface area contributed by atoms with Gasteiger partial charge in [0.2, 0.25) is 0 Å². The molecule has 1 aliphatic rings. The number of anilines is 2. The maximum Gasteiger partial charge on any atom is 0.166 e. The minimum absolute atomic E-state index is 0.609. The Labute approximate surface area is 125 Å². The first-order valence-electron chi connectivity index (χ1n) is 7.13. The van der Waals surface area contributed by atoms with E-state index in [2.05, 4.69) is 28.4 Å². The fourth-order valence-electron chi connectivity index (χ4n) is 2.48. The summed E-state index contributed by atoms with van der Waals surface area (Å²) in [7, 11) is 4.09. The molecule has 0 atom stereocenters. The lowest BCUT2D eigenvalue weighted by Gasteiger charge is -2.22. The number of hydrogen-bond acceptors (Lipinski definition) is 4. The molecule has 0 saturated heterocycles. The van der Waals surface area contributed by atoms with Gasteiger partial charge in [-0.1, -0.05) is 24.3 Å². The molecule has 1 heterocycles. The number of nitrogens with one attached hydrogen (secondary N) is 1. The molecule has 0 amide bonds. The highest BCUT2D eigenvalue weighted by molar-refractivity contribution is 5.69. The Bertz CT molecular complexity index is 626. The monoisotopic (exact) mass is 284 g/mol. The second-order valence-electron chi connectivity index (χ2n) is 5.21. The van der Waals surface area contributed by atoms with E-state index in [9.17, 15) is 0 Å². The van der Waals surface area contributed by atoms with Gasteiger partial charge < -0.3 is 19.7 Å². The molecule has 0 bridgehead atoms. The molecular weight excluding hydrogens is 264 g/mol. The van der Waals surface area contributed by atoms with Gasteiger partial charge in [0.1, 0.15) is 13.2 Å². The Morgan fingerprint density at radius 2 is 1.81 bits per heavy atom. The maximum absolute atomic E-state index is 5.75. The van der Waals surface area contributed by atoms with Crippen LogP contribution in [0.1, 0.15) is 5.56 Å². The number of fused-ring (bicyclic) bond motifs is 1. The summed E-state index contributed by atoms with van der Waals surface area (Å²) < 4.78 is 11.4. The molecule has 1 aliphatic heterocycles. The topological polar surface area (TPSA) is 33.7 Å². The van der Waals surface area contributed by atoms with Gasteiger partial charge in [-0.2, -0.15) is 0 Å². The van der Waals surface area contributed by atoms with Crippen molar-refractivity contribution in [1.29, 1.82) is 0 Å². The minimum Gasteiger partial charge on any atom is -0.486 e. The van der Waals surface area contributed by atoms with E-state index in [1.54, 1.807) is 0 Å². The molecule has 0 unspecified atom stereocenters. The van der Waals surface area contributed by atoms with Gasteiger partial charge >= 0.3 is 0 Å². The van der Waals surface area contributed by atoms with Crippen LogP contribution in [-0.4, -0.2) is 27.3 Å². The molecule has 21 heavy (non-hydrogen) atoms. The van der Waals surface area contributed by atoms with Gasteiger partial charge in [-0.15, -0.1) is 0 Å². The van der Waals surface area contributed by atoms with Crippen molar-refractivity contribution in [3.05, 3.63) is 48.0 Å². The fourth-order valence-corrected chi connectivity index (χ4v) is 2.48. The van der Waals surface area contributed by atoms with E-state index in [0.29, 0.717) is 19.8 Å². The molecular formula is C17H20N2O2. The number of ether oxygens (including phenoxy) is 2. The van der Waals surface area contributed by atoms with Crippen LogP contribution in [0.5, 0.6) is 11.5 Å². The Kier molecular flexibility index (Phi) is 3.86. The van der Waals surface area contributed by atoms with Crippen LogP contribution in [0, 0.1) is 0 Å². The summed E-state index contributed by atoms with van der Waals surface area (Å²) in [5.41, 5.74) is 3.39. The van der Waals surface area contributed by atoms with Gasteiger partial charge in [0.25, 0.3) is 0 Å². The second-order valence-corrected chi connectivity index (χ2v) is 5.21. The number of para-hydroxylation sites is 3. The van der Waals surface area contributed by atoms with Crippen molar-refractivity contribution >= 4 is 11.4 Å². The van der Waals surface area contributed by atoms with Crippen LogP contribution >= 0.6 is 0 Å². The lowest BCUT2D eigenvalue weighted by molar-refractivity contribution is 0.170. The summed E-state index contributed by atoms with van der Waals surface area (Å²) in [6, 6.07) is 14.3. The van der Waals surface area contributed by atoms with Crippen molar-refractivity contribution < 1.29 is 9.47 Å². The molecule has 0 saturated carbocycles. The normalized spacial score (nSPS) is 12.9. The first kappa shape index (κ1) is 13.6. The van der Waals surface area contributed by atoms with Crippen molar-refractivity contribution in [1.82, 2.24) is 0 Å². The van der Waals surface area contributed by atoms with E-state index in [0.717, 1.165) is 22.7 Å². The Morgan fingerprint density at radius 3 is 2.67 bits per heavy atom. The summed E-state index contributed by atoms with van der Waals surface area (Å²) >= 11 is 0. The number of benzene rings is 2. The molecule has 110 valence electrons. The lowest BCUT2D eigenvalue weighted by atomic mass is 10.1. The quantitative estimate of drug-likeness (QED) is 0.935. The number of nitrogens with zero attached hydrogens (tertiary/aromatic N) is 1. The van der Waals surface area contributed by atoms with Gasteiger partial charge in [-0.25, -0.2) is 0 Å². The molecule has 4 nitrogen and oxygen atoms in total. The first-order valence-corrected chi connectivity index (χ1v) is 7.13. The molecule has 0 radical (unpaired) electrons. The predicted octanol–water partition coefficient (Wildman–Crippen LogP) is 3.14. The van der Waals surface area contributed by atoms with E-state index >= 15 is 0 Å². The zero-order valence-corrected chi connectivity index (χ0v) is 12.4. The van der Waals surface area contributed by atoms with E-state index in [1.807, 2.05) is 38.4 Å². The van der Waals surface area contributed by atoms with E-state index in [-0.39, 0.29) is 0 Å². The lowest BCUT2D eigenvalue weighted by Crippen LogP contribution is -2.17. The van der Waals surface area contributed by atoms with Crippen LogP contribution in [0.25, 0.3) is 0 Å². The molecule has 0 aromatic heterocycles. The second kappa shape index (κ2) is 5.95. The Balaban J connectivity index is 1.80. The SMILES string of the molecule is CN(C)c1ccccc1NCc1cccc2c1OCCO2. The van der Waals surface area contributed by atoms with E-state index in [1.165, 1.54) is 5.69 Å². The highest BCUT2D eigenvalue weighted by Crippen LogP contribution is 2.34.